The molecule has 0 fully saturated rings. The number of hydrogen-bond donors (Lipinski definition) is 1. The molecule has 1 aromatic heterocycles. The molecular formula is C11H13BrN2O3. The lowest BCUT2D eigenvalue weighted by Crippen LogP contribution is -2.36. The molecule has 0 aromatic carbocycles. The summed E-state index contributed by atoms with van der Waals surface area (Å²) in [5.74, 6) is -1.34. The number of nitrogens with zero attached hydrogens (tertiary/aromatic N) is 2. The summed E-state index contributed by atoms with van der Waals surface area (Å²) in [6.07, 6.45) is 3.70. The first-order valence-corrected chi connectivity index (χ1v) is 5.95. The van der Waals surface area contributed by atoms with Crippen LogP contribution in [0.3, 0.4) is 0 Å². The second-order valence-corrected chi connectivity index (χ2v) is 4.43. The van der Waals surface area contributed by atoms with E-state index < -0.39 is 5.97 Å². The lowest BCUT2D eigenvalue weighted by atomic mass is 10.2. The van der Waals surface area contributed by atoms with Gasteiger partial charge in [-0.25, -0.2) is 0 Å². The summed E-state index contributed by atoms with van der Waals surface area (Å²) in [7, 11) is 0. The molecule has 0 saturated heterocycles. The minimum atomic E-state index is -1.02. The van der Waals surface area contributed by atoms with Gasteiger partial charge in [-0.3, -0.25) is 14.6 Å². The van der Waals surface area contributed by atoms with Crippen molar-refractivity contribution in [3.8, 4) is 0 Å². The number of pyridine rings is 1. The Morgan fingerprint density at radius 1 is 1.47 bits per heavy atom. The summed E-state index contributed by atoms with van der Waals surface area (Å²) in [4.78, 5) is 27.9. The van der Waals surface area contributed by atoms with E-state index in [4.69, 9.17) is 5.11 Å². The van der Waals surface area contributed by atoms with Gasteiger partial charge < -0.3 is 10.0 Å². The molecule has 0 radical (unpaired) electrons. The van der Waals surface area contributed by atoms with Crippen LogP contribution in [0.1, 0.15) is 23.7 Å². The van der Waals surface area contributed by atoms with Crippen LogP contribution < -0.4 is 0 Å². The summed E-state index contributed by atoms with van der Waals surface area (Å²) >= 11 is 3.22. The van der Waals surface area contributed by atoms with Crippen molar-refractivity contribution < 1.29 is 14.7 Å². The van der Waals surface area contributed by atoms with Crippen LogP contribution in [0.2, 0.25) is 0 Å². The Bertz CT molecular complexity index is 423. The van der Waals surface area contributed by atoms with Crippen LogP contribution in [0.25, 0.3) is 0 Å². The van der Waals surface area contributed by atoms with E-state index in [0.29, 0.717) is 23.0 Å². The van der Waals surface area contributed by atoms with Gasteiger partial charge in [0.15, 0.2) is 0 Å². The minimum absolute atomic E-state index is 0.292. The highest BCUT2D eigenvalue weighted by Gasteiger charge is 2.18. The number of aromatic nitrogens is 1. The first-order chi connectivity index (χ1) is 8.04. The fraction of sp³-hybridized carbons (Fsp3) is 0.364. The van der Waals surface area contributed by atoms with Gasteiger partial charge in [-0.2, -0.15) is 0 Å². The fourth-order valence-electron chi connectivity index (χ4n) is 1.40. The molecule has 1 heterocycles. The molecule has 0 aliphatic heterocycles. The SMILES string of the molecule is CCCN(CC(=O)O)C(=O)c1cncc(Br)c1. The molecule has 5 nitrogen and oxygen atoms in total. The Balaban J connectivity index is 2.87. The number of halogens is 1. The number of rotatable bonds is 5. The standard InChI is InChI=1S/C11H13BrN2O3/c1-2-3-14(7-10(15)16)11(17)8-4-9(12)6-13-5-8/h4-6H,2-3,7H2,1H3,(H,15,16). The molecule has 0 saturated carbocycles. The molecule has 0 unspecified atom stereocenters. The Morgan fingerprint density at radius 3 is 2.71 bits per heavy atom. The molecular weight excluding hydrogens is 288 g/mol. The maximum atomic E-state index is 12.0. The van der Waals surface area contributed by atoms with E-state index in [9.17, 15) is 9.59 Å². The van der Waals surface area contributed by atoms with Crippen molar-refractivity contribution in [1.82, 2.24) is 9.88 Å². The normalized spacial score (nSPS) is 10.0. The molecule has 6 heteroatoms. The zero-order valence-corrected chi connectivity index (χ0v) is 11.0. The predicted molar refractivity (Wildman–Crippen MR) is 65.8 cm³/mol. The molecule has 1 aromatic rings. The molecule has 0 bridgehead atoms. The van der Waals surface area contributed by atoms with E-state index in [1.807, 2.05) is 6.92 Å². The summed E-state index contributed by atoms with van der Waals surface area (Å²) in [5, 5.41) is 8.74. The van der Waals surface area contributed by atoms with Crippen molar-refractivity contribution in [2.24, 2.45) is 0 Å². The number of aliphatic carboxylic acids is 1. The summed E-state index contributed by atoms with van der Waals surface area (Å²) in [6.45, 7) is 2.01. The zero-order valence-electron chi connectivity index (χ0n) is 9.39. The van der Waals surface area contributed by atoms with Crippen molar-refractivity contribution in [1.29, 1.82) is 0 Å². The average Bonchev–Trinajstić information content (AvgIpc) is 2.27. The Labute approximate surface area is 108 Å². The van der Waals surface area contributed by atoms with Crippen LogP contribution in [0.4, 0.5) is 0 Å². The topological polar surface area (TPSA) is 70.5 Å². The van der Waals surface area contributed by atoms with Crippen molar-refractivity contribution in [2.45, 2.75) is 13.3 Å². The largest absolute Gasteiger partial charge is 0.480 e. The van der Waals surface area contributed by atoms with Gasteiger partial charge >= 0.3 is 5.97 Å². The lowest BCUT2D eigenvalue weighted by molar-refractivity contribution is -0.137. The summed E-state index contributed by atoms with van der Waals surface area (Å²) in [6, 6.07) is 1.62. The van der Waals surface area contributed by atoms with E-state index in [1.165, 1.54) is 11.1 Å². The smallest absolute Gasteiger partial charge is 0.323 e. The third kappa shape index (κ3) is 4.14. The highest BCUT2D eigenvalue weighted by molar-refractivity contribution is 9.10. The Kier molecular flexibility index (Phi) is 5.09. The third-order valence-corrected chi connectivity index (χ3v) is 2.49. The quantitative estimate of drug-likeness (QED) is 0.900. The monoisotopic (exact) mass is 300 g/mol. The molecule has 1 N–H and O–H groups in total. The van der Waals surface area contributed by atoms with Crippen molar-refractivity contribution in [3.05, 3.63) is 28.5 Å². The summed E-state index contributed by atoms with van der Waals surface area (Å²) in [5.41, 5.74) is 0.383. The van der Waals surface area contributed by atoms with Gasteiger partial charge in [0.1, 0.15) is 6.54 Å². The number of carbonyl (C=O) groups excluding carboxylic acids is 1. The minimum Gasteiger partial charge on any atom is -0.480 e. The predicted octanol–water partition coefficient (Wildman–Crippen LogP) is 1.78. The zero-order chi connectivity index (χ0) is 12.8. The van der Waals surface area contributed by atoms with Crippen LogP contribution >= 0.6 is 15.9 Å². The highest BCUT2D eigenvalue weighted by atomic mass is 79.9. The van der Waals surface area contributed by atoms with Crippen LogP contribution in [0.5, 0.6) is 0 Å². The maximum absolute atomic E-state index is 12.0. The Morgan fingerprint density at radius 2 is 2.18 bits per heavy atom. The molecule has 0 atom stereocenters. The molecule has 92 valence electrons. The first-order valence-electron chi connectivity index (χ1n) is 5.16. The van der Waals surface area contributed by atoms with Gasteiger partial charge in [-0.1, -0.05) is 6.92 Å². The van der Waals surface area contributed by atoms with E-state index in [2.05, 4.69) is 20.9 Å². The Hall–Kier alpha value is -1.43. The van der Waals surface area contributed by atoms with E-state index in [0.717, 1.165) is 0 Å². The fourth-order valence-corrected chi connectivity index (χ4v) is 1.76. The molecule has 0 spiro atoms. The molecule has 17 heavy (non-hydrogen) atoms. The first kappa shape index (κ1) is 13.6. The maximum Gasteiger partial charge on any atom is 0.323 e. The van der Waals surface area contributed by atoms with Crippen LogP contribution in [0.15, 0.2) is 22.9 Å². The second kappa shape index (κ2) is 6.34. The van der Waals surface area contributed by atoms with Crippen molar-refractivity contribution in [3.63, 3.8) is 0 Å². The number of carbonyl (C=O) groups is 2. The molecule has 1 amide bonds. The van der Waals surface area contributed by atoms with E-state index >= 15 is 0 Å². The average molecular weight is 301 g/mol. The number of amides is 1. The van der Waals surface area contributed by atoms with Gasteiger partial charge in [0, 0.05) is 23.4 Å². The second-order valence-electron chi connectivity index (χ2n) is 3.51. The number of carboxylic acid groups (broad SMARTS) is 1. The van der Waals surface area contributed by atoms with Crippen LogP contribution in [-0.2, 0) is 4.79 Å². The van der Waals surface area contributed by atoms with Gasteiger partial charge in [-0.05, 0) is 28.4 Å². The van der Waals surface area contributed by atoms with E-state index in [1.54, 1.807) is 12.3 Å². The van der Waals surface area contributed by atoms with Gasteiger partial charge in [0.25, 0.3) is 5.91 Å². The van der Waals surface area contributed by atoms with Gasteiger partial charge in [-0.15, -0.1) is 0 Å². The van der Waals surface area contributed by atoms with Crippen molar-refractivity contribution in [2.75, 3.05) is 13.1 Å². The molecule has 1 rings (SSSR count). The van der Waals surface area contributed by atoms with Crippen LogP contribution in [0, 0.1) is 0 Å². The number of hydrogen-bond acceptors (Lipinski definition) is 3. The van der Waals surface area contributed by atoms with Crippen LogP contribution in [-0.4, -0.2) is 40.0 Å². The summed E-state index contributed by atoms with van der Waals surface area (Å²) < 4.78 is 0.690. The number of carboxylic acids is 1. The van der Waals surface area contributed by atoms with Gasteiger partial charge in [0.05, 0.1) is 5.56 Å². The third-order valence-electron chi connectivity index (χ3n) is 2.06. The van der Waals surface area contributed by atoms with Crippen molar-refractivity contribution >= 4 is 27.8 Å². The van der Waals surface area contributed by atoms with Gasteiger partial charge in [0.2, 0.25) is 0 Å². The van der Waals surface area contributed by atoms with E-state index in [-0.39, 0.29) is 12.5 Å². The molecule has 0 aliphatic carbocycles. The lowest BCUT2D eigenvalue weighted by Gasteiger charge is -2.19. The highest BCUT2D eigenvalue weighted by Crippen LogP contribution is 2.11. The molecule has 0 aliphatic rings.